The van der Waals surface area contributed by atoms with Crippen LogP contribution in [0, 0.1) is 0 Å². The lowest BCUT2D eigenvalue weighted by Gasteiger charge is -2.16. The minimum Gasteiger partial charge on any atom is -0.389 e. The monoisotopic (exact) mass is 246 g/mol. The molecular formula is C11H15ClO2S. The molecule has 0 saturated carbocycles. The Hall–Kier alpha value is -0.220. The van der Waals surface area contributed by atoms with Gasteiger partial charge >= 0.3 is 0 Å². The van der Waals surface area contributed by atoms with Gasteiger partial charge in [-0.15, -0.1) is 23.4 Å². The highest BCUT2D eigenvalue weighted by Gasteiger charge is 2.17. The number of hydrogen-bond donors (Lipinski definition) is 2. The molecular weight excluding hydrogens is 232 g/mol. The SMILES string of the molecule is CCSc1cccc(C(O)C(O)CCl)c1. The van der Waals surface area contributed by atoms with Crippen LogP contribution in [0.15, 0.2) is 29.2 Å². The van der Waals surface area contributed by atoms with Gasteiger partial charge in [-0.2, -0.15) is 0 Å². The number of benzene rings is 1. The van der Waals surface area contributed by atoms with Gasteiger partial charge in [-0.3, -0.25) is 0 Å². The van der Waals surface area contributed by atoms with Crippen molar-refractivity contribution in [2.24, 2.45) is 0 Å². The molecule has 0 heterocycles. The van der Waals surface area contributed by atoms with Gasteiger partial charge in [0, 0.05) is 4.90 Å². The Bertz CT molecular complexity index is 306. The van der Waals surface area contributed by atoms with Crippen molar-refractivity contribution in [2.45, 2.75) is 24.0 Å². The van der Waals surface area contributed by atoms with Gasteiger partial charge in [-0.25, -0.2) is 0 Å². The molecule has 2 nitrogen and oxygen atoms in total. The lowest BCUT2D eigenvalue weighted by atomic mass is 10.1. The number of aliphatic hydroxyl groups is 2. The van der Waals surface area contributed by atoms with Gasteiger partial charge < -0.3 is 10.2 Å². The fourth-order valence-electron chi connectivity index (χ4n) is 1.26. The first-order chi connectivity index (χ1) is 7.19. The Morgan fingerprint density at radius 3 is 2.73 bits per heavy atom. The maximum atomic E-state index is 9.74. The fraction of sp³-hybridized carbons (Fsp3) is 0.455. The molecule has 1 aromatic carbocycles. The number of alkyl halides is 1. The van der Waals surface area contributed by atoms with E-state index in [1.165, 1.54) is 0 Å². The molecule has 0 saturated heterocycles. The molecule has 2 N–H and O–H groups in total. The van der Waals surface area contributed by atoms with Crippen LogP contribution >= 0.6 is 23.4 Å². The van der Waals surface area contributed by atoms with E-state index in [1.807, 2.05) is 18.2 Å². The van der Waals surface area contributed by atoms with Gasteiger partial charge in [0.2, 0.25) is 0 Å². The first-order valence-electron chi connectivity index (χ1n) is 4.84. The van der Waals surface area contributed by atoms with E-state index in [-0.39, 0.29) is 5.88 Å². The minimum atomic E-state index is -0.909. The second-order valence-electron chi connectivity index (χ2n) is 3.17. The molecule has 1 aromatic rings. The Kier molecular flexibility index (Phi) is 5.47. The van der Waals surface area contributed by atoms with Crippen LogP contribution in [-0.2, 0) is 0 Å². The van der Waals surface area contributed by atoms with E-state index in [0.29, 0.717) is 5.56 Å². The molecule has 0 radical (unpaired) electrons. The Balaban J connectivity index is 2.80. The van der Waals surface area contributed by atoms with Crippen LogP contribution in [0.3, 0.4) is 0 Å². The molecule has 15 heavy (non-hydrogen) atoms. The standard InChI is InChI=1S/C11H15ClO2S/c1-2-15-9-5-3-4-8(6-9)11(14)10(13)7-12/h3-6,10-11,13-14H,2,7H2,1H3. The summed E-state index contributed by atoms with van der Waals surface area (Å²) in [6.45, 7) is 2.07. The van der Waals surface area contributed by atoms with Crippen LogP contribution in [0.5, 0.6) is 0 Å². The van der Waals surface area contributed by atoms with Crippen molar-refractivity contribution < 1.29 is 10.2 Å². The van der Waals surface area contributed by atoms with E-state index in [1.54, 1.807) is 17.8 Å². The van der Waals surface area contributed by atoms with Crippen molar-refractivity contribution in [3.8, 4) is 0 Å². The summed E-state index contributed by atoms with van der Waals surface area (Å²) in [5.41, 5.74) is 0.710. The van der Waals surface area contributed by atoms with Crippen LogP contribution < -0.4 is 0 Å². The van der Waals surface area contributed by atoms with Crippen molar-refractivity contribution in [1.29, 1.82) is 0 Å². The van der Waals surface area contributed by atoms with Gasteiger partial charge in [0.05, 0.1) is 12.0 Å². The fourth-order valence-corrected chi connectivity index (χ4v) is 2.16. The molecule has 2 unspecified atom stereocenters. The summed E-state index contributed by atoms with van der Waals surface area (Å²) in [4.78, 5) is 1.09. The molecule has 0 fully saturated rings. The second-order valence-corrected chi connectivity index (χ2v) is 4.82. The normalized spacial score (nSPS) is 14.9. The number of rotatable bonds is 5. The average molecular weight is 247 g/mol. The minimum absolute atomic E-state index is 0.0340. The van der Waals surface area contributed by atoms with E-state index in [4.69, 9.17) is 11.6 Å². The van der Waals surface area contributed by atoms with Crippen LogP contribution in [-0.4, -0.2) is 27.9 Å². The molecule has 0 aliphatic heterocycles. The van der Waals surface area contributed by atoms with Crippen LogP contribution in [0.1, 0.15) is 18.6 Å². The predicted octanol–water partition coefficient (Wildman–Crippen LogP) is 2.43. The third-order valence-corrected chi connectivity index (χ3v) is 3.23. The lowest BCUT2D eigenvalue weighted by Crippen LogP contribution is -2.19. The molecule has 0 spiro atoms. The maximum absolute atomic E-state index is 9.74. The van der Waals surface area contributed by atoms with Gasteiger partial charge in [-0.05, 0) is 23.4 Å². The summed E-state index contributed by atoms with van der Waals surface area (Å²) in [5.74, 6) is 1.02. The summed E-state index contributed by atoms with van der Waals surface area (Å²) in [7, 11) is 0. The van der Waals surface area contributed by atoms with Gasteiger partial charge in [0.15, 0.2) is 0 Å². The molecule has 0 aliphatic rings. The van der Waals surface area contributed by atoms with E-state index >= 15 is 0 Å². The molecule has 1 rings (SSSR count). The van der Waals surface area contributed by atoms with Crippen LogP contribution in [0.4, 0.5) is 0 Å². The average Bonchev–Trinajstić information content (AvgIpc) is 2.28. The van der Waals surface area contributed by atoms with E-state index in [9.17, 15) is 10.2 Å². The molecule has 84 valence electrons. The van der Waals surface area contributed by atoms with Crippen molar-refractivity contribution in [2.75, 3.05) is 11.6 Å². The Morgan fingerprint density at radius 2 is 2.13 bits per heavy atom. The van der Waals surface area contributed by atoms with Crippen molar-refractivity contribution in [3.63, 3.8) is 0 Å². The van der Waals surface area contributed by atoms with Crippen molar-refractivity contribution in [3.05, 3.63) is 29.8 Å². The number of hydrogen-bond acceptors (Lipinski definition) is 3. The Morgan fingerprint density at radius 1 is 1.40 bits per heavy atom. The first-order valence-corrected chi connectivity index (χ1v) is 6.36. The topological polar surface area (TPSA) is 40.5 Å². The zero-order valence-electron chi connectivity index (χ0n) is 8.56. The van der Waals surface area contributed by atoms with E-state index in [2.05, 4.69) is 6.92 Å². The number of thioether (sulfide) groups is 1. The molecule has 2 atom stereocenters. The number of halogens is 1. The lowest BCUT2D eigenvalue weighted by molar-refractivity contribution is 0.0326. The summed E-state index contributed by atoms with van der Waals surface area (Å²) in [6.07, 6.45) is -1.81. The third-order valence-electron chi connectivity index (χ3n) is 2.03. The van der Waals surface area contributed by atoms with Gasteiger partial charge in [0.25, 0.3) is 0 Å². The quantitative estimate of drug-likeness (QED) is 0.619. The zero-order chi connectivity index (χ0) is 11.3. The Labute approximate surface area is 99.3 Å². The van der Waals surface area contributed by atoms with Crippen molar-refractivity contribution in [1.82, 2.24) is 0 Å². The molecule has 0 bridgehead atoms. The van der Waals surface area contributed by atoms with Crippen LogP contribution in [0.2, 0.25) is 0 Å². The van der Waals surface area contributed by atoms with Gasteiger partial charge in [0.1, 0.15) is 6.10 Å². The second kappa shape index (κ2) is 6.38. The van der Waals surface area contributed by atoms with E-state index < -0.39 is 12.2 Å². The number of aliphatic hydroxyl groups excluding tert-OH is 2. The highest BCUT2D eigenvalue weighted by atomic mass is 35.5. The highest BCUT2D eigenvalue weighted by molar-refractivity contribution is 7.99. The summed E-state index contributed by atoms with van der Waals surface area (Å²) in [5, 5.41) is 19.1. The van der Waals surface area contributed by atoms with Crippen LogP contribution in [0.25, 0.3) is 0 Å². The summed E-state index contributed by atoms with van der Waals surface area (Å²) >= 11 is 7.18. The first kappa shape index (κ1) is 12.8. The third kappa shape index (κ3) is 3.68. The molecule has 0 amide bonds. The largest absolute Gasteiger partial charge is 0.389 e. The summed E-state index contributed by atoms with van der Waals surface area (Å²) in [6, 6.07) is 7.53. The molecule has 4 heteroatoms. The molecule has 0 aromatic heterocycles. The van der Waals surface area contributed by atoms with Crippen molar-refractivity contribution >= 4 is 23.4 Å². The zero-order valence-corrected chi connectivity index (χ0v) is 10.1. The smallest absolute Gasteiger partial charge is 0.106 e. The van der Waals surface area contributed by atoms with E-state index in [0.717, 1.165) is 10.6 Å². The highest BCUT2D eigenvalue weighted by Crippen LogP contribution is 2.24. The maximum Gasteiger partial charge on any atom is 0.106 e. The predicted molar refractivity (Wildman–Crippen MR) is 64.5 cm³/mol. The summed E-state index contributed by atoms with van der Waals surface area (Å²) < 4.78 is 0. The molecule has 0 aliphatic carbocycles. The van der Waals surface area contributed by atoms with Gasteiger partial charge in [-0.1, -0.05) is 19.1 Å².